The van der Waals surface area contributed by atoms with Crippen LogP contribution in [0.25, 0.3) is 10.9 Å². The lowest BCUT2D eigenvalue weighted by Crippen LogP contribution is -2.50. The average Bonchev–Trinajstić information content (AvgIpc) is 2.69. The number of amides is 2. The monoisotopic (exact) mass is 370 g/mol. The second kappa shape index (κ2) is 8.57. The summed E-state index contributed by atoms with van der Waals surface area (Å²) in [5.41, 5.74) is 1.89. The second-order valence-corrected chi connectivity index (χ2v) is 7.26. The number of methoxy groups -OCH3 is 1. The molecule has 1 aliphatic rings. The first kappa shape index (κ1) is 19.4. The van der Waals surface area contributed by atoms with Crippen molar-refractivity contribution in [1.82, 2.24) is 20.1 Å². The molecule has 0 radical (unpaired) electrons. The van der Waals surface area contributed by atoms with Crippen LogP contribution in [0, 0.1) is 0 Å². The number of rotatable bonds is 5. The molecule has 1 N–H and O–H groups in total. The number of nitrogens with one attached hydrogen (secondary N) is 1. The molecular weight excluding hydrogens is 340 g/mol. The van der Waals surface area contributed by atoms with Crippen molar-refractivity contribution >= 4 is 16.9 Å². The summed E-state index contributed by atoms with van der Waals surface area (Å²) in [4.78, 5) is 21.8. The number of likely N-dealkylation sites (tertiary alicyclic amines) is 1. The van der Waals surface area contributed by atoms with E-state index in [0.717, 1.165) is 42.4 Å². The summed E-state index contributed by atoms with van der Waals surface area (Å²) < 4.78 is 5.35. The molecule has 146 valence electrons. The number of nitrogens with zero attached hydrogens (tertiary/aromatic N) is 3. The van der Waals surface area contributed by atoms with Gasteiger partial charge in [-0.05, 0) is 58.5 Å². The Morgan fingerprint density at radius 2 is 2.07 bits per heavy atom. The van der Waals surface area contributed by atoms with Crippen LogP contribution in [0.5, 0.6) is 5.88 Å². The number of fused-ring (bicyclic) bond motifs is 1. The van der Waals surface area contributed by atoms with Crippen molar-refractivity contribution in [3.05, 3.63) is 35.9 Å². The zero-order chi connectivity index (χ0) is 19.4. The molecule has 27 heavy (non-hydrogen) atoms. The van der Waals surface area contributed by atoms with Gasteiger partial charge in [0, 0.05) is 24.0 Å². The molecule has 2 amide bonds. The van der Waals surface area contributed by atoms with E-state index in [1.54, 1.807) is 7.11 Å². The molecule has 0 spiro atoms. The van der Waals surface area contributed by atoms with Gasteiger partial charge in [-0.1, -0.05) is 18.2 Å². The minimum Gasteiger partial charge on any atom is -0.481 e. The zero-order valence-electron chi connectivity index (χ0n) is 16.7. The van der Waals surface area contributed by atoms with Gasteiger partial charge >= 0.3 is 6.03 Å². The first-order valence-corrected chi connectivity index (χ1v) is 9.72. The summed E-state index contributed by atoms with van der Waals surface area (Å²) in [7, 11) is 3.75. The molecule has 1 unspecified atom stereocenters. The number of para-hydroxylation sites is 1. The summed E-state index contributed by atoms with van der Waals surface area (Å²) in [6.45, 7) is 6.86. The van der Waals surface area contributed by atoms with E-state index < -0.39 is 0 Å². The van der Waals surface area contributed by atoms with Crippen LogP contribution in [0.1, 0.15) is 38.3 Å². The van der Waals surface area contributed by atoms with Crippen molar-refractivity contribution in [1.29, 1.82) is 0 Å². The van der Waals surface area contributed by atoms with Crippen LogP contribution in [0.4, 0.5) is 4.79 Å². The smallest absolute Gasteiger partial charge is 0.318 e. The number of pyridine rings is 1. The van der Waals surface area contributed by atoms with E-state index in [2.05, 4.69) is 22.2 Å². The number of hydrogen-bond donors (Lipinski definition) is 1. The van der Waals surface area contributed by atoms with Crippen molar-refractivity contribution in [2.75, 3.05) is 33.8 Å². The standard InChI is InChI=1S/C21H30N4O2/c1-5-25(16-10-12-24(3)13-11-16)21(26)22-15(2)18-14-20(27-4)23-19-9-7-6-8-17(18)19/h6-9,14-16H,5,10-13H2,1-4H3,(H,22,26). The van der Waals surface area contributed by atoms with Gasteiger partial charge in [0.15, 0.2) is 0 Å². The Morgan fingerprint density at radius 1 is 1.37 bits per heavy atom. The maximum atomic E-state index is 13.0. The summed E-state index contributed by atoms with van der Waals surface area (Å²) in [6, 6.07) is 10.0. The van der Waals surface area contributed by atoms with Crippen LogP contribution in [-0.4, -0.2) is 60.6 Å². The van der Waals surface area contributed by atoms with E-state index in [0.29, 0.717) is 18.5 Å². The first-order chi connectivity index (χ1) is 13.0. The van der Waals surface area contributed by atoms with Gasteiger partial charge in [0.2, 0.25) is 5.88 Å². The number of carbonyl (C=O) groups is 1. The maximum Gasteiger partial charge on any atom is 0.318 e. The fourth-order valence-electron chi connectivity index (χ4n) is 3.86. The summed E-state index contributed by atoms with van der Waals surface area (Å²) in [6.07, 6.45) is 2.05. The number of ether oxygens (including phenoxy) is 1. The molecule has 1 saturated heterocycles. The van der Waals surface area contributed by atoms with Gasteiger partial charge in [0.1, 0.15) is 0 Å². The second-order valence-electron chi connectivity index (χ2n) is 7.26. The number of urea groups is 1. The average molecular weight is 370 g/mol. The highest BCUT2D eigenvalue weighted by atomic mass is 16.5. The summed E-state index contributed by atoms with van der Waals surface area (Å²) >= 11 is 0. The van der Waals surface area contributed by atoms with Gasteiger partial charge in [0.05, 0.1) is 18.7 Å². The summed E-state index contributed by atoms with van der Waals surface area (Å²) in [5.74, 6) is 0.562. The van der Waals surface area contributed by atoms with E-state index in [-0.39, 0.29) is 12.1 Å². The van der Waals surface area contributed by atoms with E-state index in [1.807, 2.05) is 49.1 Å². The number of piperidine rings is 1. The van der Waals surface area contributed by atoms with Crippen molar-refractivity contribution in [2.45, 2.75) is 38.8 Å². The van der Waals surface area contributed by atoms with Gasteiger partial charge in [-0.25, -0.2) is 9.78 Å². The van der Waals surface area contributed by atoms with Gasteiger partial charge in [-0.15, -0.1) is 0 Å². The third-order valence-corrected chi connectivity index (χ3v) is 5.47. The quantitative estimate of drug-likeness (QED) is 0.876. The molecule has 1 aliphatic heterocycles. The van der Waals surface area contributed by atoms with Crippen LogP contribution in [0.15, 0.2) is 30.3 Å². The molecule has 0 aliphatic carbocycles. The Kier molecular flexibility index (Phi) is 6.16. The molecule has 1 fully saturated rings. The molecule has 3 rings (SSSR count). The van der Waals surface area contributed by atoms with Crippen LogP contribution < -0.4 is 10.1 Å². The Balaban J connectivity index is 1.79. The predicted molar refractivity (Wildman–Crippen MR) is 108 cm³/mol. The van der Waals surface area contributed by atoms with Gasteiger partial charge < -0.3 is 19.9 Å². The third-order valence-electron chi connectivity index (χ3n) is 5.47. The highest BCUT2D eigenvalue weighted by molar-refractivity contribution is 5.84. The Morgan fingerprint density at radius 3 is 2.74 bits per heavy atom. The lowest BCUT2D eigenvalue weighted by Gasteiger charge is -2.37. The largest absolute Gasteiger partial charge is 0.481 e. The first-order valence-electron chi connectivity index (χ1n) is 9.72. The lowest BCUT2D eigenvalue weighted by atomic mass is 10.0. The van der Waals surface area contributed by atoms with E-state index >= 15 is 0 Å². The van der Waals surface area contributed by atoms with Crippen LogP contribution in [0.3, 0.4) is 0 Å². The normalized spacial score (nSPS) is 16.9. The number of benzene rings is 1. The van der Waals surface area contributed by atoms with E-state index in [4.69, 9.17) is 4.74 Å². The Bertz CT molecular complexity index is 787. The predicted octanol–water partition coefficient (Wildman–Crippen LogP) is 3.43. The fraction of sp³-hybridized carbons (Fsp3) is 0.524. The van der Waals surface area contributed by atoms with Crippen LogP contribution in [0.2, 0.25) is 0 Å². The van der Waals surface area contributed by atoms with Crippen molar-refractivity contribution in [2.24, 2.45) is 0 Å². The summed E-state index contributed by atoms with van der Waals surface area (Å²) in [5, 5.41) is 4.22. The molecule has 1 atom stereocenters. The van der Waals surface area contributed by atoms with Crippen molar-refractivity contribution in [3.63, 3.8) is 0 Å². The minimum absolute atomic E-state index is 0.000543. The number of hydrogen-bond acceptors (Lipinski definition) is 4. The topological polar surface area (TPSA) is 57.7 Å². The molecule has 6 heteroatoms. The molecule has 6 nitrogen and oxygen atoms in total. The lowest BCUT2D eigenvalue weighted by molar-refractivity contribution is 0.133. The van der Waals surface area contributed by atoms with Gasteiger partial charge in [-0.2, -0.15) is 0 Å². The molecular formula is C21H30N4O2. The fourth-order valence-corrected chi connectivity index (χ4v) is 3.86. The van der Waals surface area contributed by atoms with Crippen LogP contribution >= 0.6 is 0 Å². The molecule has 0 saturated carbocycles. The van der Waals surface area contributed by atoms with E-state index in [9.17, 15) is 4.79 Å². The van der Waals surface area contributed by atoms with Crippen molar-refractivity contribution in [3.8, 4) is 5.88 Å². The highest BCUT2D eigenvalue weighted by Gasteiger charge is 2.27. The Hall–Kier alpha value is -2.34. The SMILES string of the molecule is CCN(C(=O)NC(C)c1cc(OC)nc2ccccc12)C1CCN(C)CC1. The molecule has 0 bridgehead atoms. The number of carbonyl (C=O) groups excluding carboxylic acids is 1. The Labute approximate surface area is 161 Å². The minimum atomic E-state index is -0.139. The maximum absolute atomic E-state index is 13.0. The zero-order valence-corrected chi connectivity index (χ0v) is 16.7. The van der Waals surface area contributed by atoms with E-state index in [1.165, 1.54) is 0 Å². The molecule has 2 heterocycles. The van der Waals surface area contributed by atoms with Gasteiger partial charge in [-0.3, -0.25) is 0 Å². The van der Waals surface area contributed by atoms with Gasteiger partial charge in [0.25, 0.3) is 0 Å². The number of aromatic nitrogens is 1. The molecule has 1 aromatic heterocycles. The van der Waals surface area contributed by atoms with Crippen LogP contribution in [-0.2, 0) is 0 Å². The molecule has 1 aromatic carbocycles. The third kappa shape index (κ3) is 4.33. The van der Waals surface area contributed by atoms with Crippen molar-refractivity contribution < 1.29 is 9.53 Å². The molecule has 2 aromatic rings. The highest BCUT2D eigenvalue weighted by Crippen LogP contribution is 2.27.